The number of esters is 1. The van der Waals surface area contributed by atoms with Crippen molar-refractivity contribution in [3.8, 4) is 5.75 Å². The summed E-state index contributed by atoms with van der Waals surface area (Å²) in [4.78, 5) is 22.0. The van der Waals surface area contributed by atoms with Crippen molar-refractivity contribution in [2.45, 2.75) is 26.4 Å². The molecule has 0 radical (unpaired) electrons. The van der Waals surface area contributed by atoms with E-state index < -0.39 is 16.5 Å². The summed E-state index contributed by atoms with van der Waals surface area (Å²) in [6, 6.07) is 4.35. The van der Waals surface area contributed by atoms with Gasteiger partial charge in [0.1, 0.15) is 23.6 Å². The first-order chi connectivity index (χ1) is 9.23. The molecule has 1 N–H and O–H groups in total. The lowest BCUT2D eigenvalue weighted by Crippen LogP contribution is -2.28. The van der Waals surface area contributed by atoms with Gasteiger partial charge in [0.15, 0.2) is 0 Å². The van der Waals surface area contributed by atoms with Crippen molar-refractivity contribution in [2.75, 3.05) is 19.0 Å². The average molecular weight is 282 g/mol. The Hall–Kier alpha value is -2.31. The summed E-state index contributed by atoms with van der Waals surface area (Å²) in [6.45, 7) is 5.10. The summed E-state index contributed by atoms with van der Waals surface area (Å²) in [5, 5.41) is 13.7. The first kappa shape index (κ1) is 15.7. The second kappa shape index (κ2) is 6.23. The van der Waals surface area contributed by atoms with Gasteiger partial charge in [0.05, 0.1) is 18.1 Å². The average Bonchev–Trinajstić information content (AvgIpc) is 2.34. The Balaban J connectivity index is 2.77. The van der Waals surface area contributed by atoms with E-state index in [1.54, 1.807) is 26.8 Å². The monoisotopic (exact) mass is 282 g/mol. The number of hydrogen-bond acceptors (Lipinski definition) is 6. The predicted octanol–water partition coefficient (Wildman–Crippen LogP) is 2.36. The minimum Gasteiger partial charge on any atom is -0.496 e. The van der Waals surface area contributed by atoms with Crippen LogP contribution in [0.3, 0.4) is 0 Å². The maximum atomic E-state index is 11.6. The van der Waals surface area contributed by atoms with Crippen molar-refractivity contribution in [1.29, 1.82) is 0 Å². The molecular formula is C13H18N2O5. The van der Waals surface area contributed by atoms with E-state index in [4.69, 9.17) is 9.47 Å². The second-order valence-corrected chi connectivity index (χ2v) is 5.08. The van der Waals surface area contributed by atoms with Gasteiger partial charge in [0.2, 0.25) is 0 Å². The summed E-state index contributed by atoms with van der Waals surface area (Å²) in [7, 11) is 1.42. The van der Waals surface area contributed by atoms with Crippen LogP contribution >= 0.6 is 0 Å². The molecule has 0 heterocycles. The van der Waals surface area contributed by atoms with Crippen molar-refractivity contribution < 1.29 is 19.2 Å². The van der Waals surface area contributed by atoms with Gasteiger partial charge >= 0.3 is 5.97 Å². The van der Waals surface area contributed by atoms with Crippen LogP contribution in [0.5, 0.6) is 5.75 Å². The number of nitro groups is 1. The van der Waals surface area contributed by atoms with Crippen molar-refractivity contribution in [3.63, 3.8) is 0 Å². The molecule has 0 aromatic heterocycles. The standard InChI is InChI=1S/C13H18N2O5/c1-13(2,3)20-12(16)8-14-10-6-5-9(19-4)7-11(10)15(17)18/h5-7,14H,8H2,1-4H3. The maximum Gasteiger partial charge on any atom is 0.325 e. The van der Waals surface area contributed by atoms with Crippen LogP contribution in [0.15, 0.2) is 18.2 Å². The van der Waals surface area contributed by atoms with Crippen LogP contribution in [-0.4, -0.2) is 30.1 Å². The van der Waals surface area contributed by atoms with E-state index in [0.717, 1.165) is 0 Å². The fraction of sp³-hybridized carbons (Fsp3) is 0.462. The summed E-state index contributed by atoms with van der Waals surface area (Å²) in [6.07, 6.45) is 0. The third-order valence-electron chi connectivity index (χ3n) is 2.24. The van der Waals surface area contributed by atoms with Gasteiger partial charge in [-0.3, -0.25) is 14.9 Å². The summed E-state index contributed by atoms with van der Waals surface area (Å²) >= 11 is 0. The highest BCUT2D eigenvalue weighted by Gasteiger charge is 2.19. The fourth-order valence-electron chi connectivity index (χ4n) is 1.48. The molecule has 110 valence electrons. The van der Waals surface area contributed by atoms with Crippen LogP contribution in [0.25, 0.3) is 0 Å². The van der Waals surface area contributed by atoms with Gasteiger partial charge < -0.3 is 14.8 Å². The van der Waals surface area contributed by atoms with Crippen LogP contribution in [0, 0.1) is 10.1 Å². The van der Waals surface area contributed by atoms with E-state index in [2.05, 4.69) is 5.32 Å². The van der Waals surface area contributed by atoms with Crippen LogP contribution in [0.2, 0.25) is 0 Å². The molecular weight excluding hydrogens is 264 g/mol. The van der Waals surface area contributed by atoms with Gasteiger partial charge in [0, 0.05) is 0 Å². The molecule has 0 atom stereocenters. The van der Waals surface area contributed by atoms with Crippen LogP contribution in [0.4, 0.5) is 11.4 Å². The molecule has 0 aliphatic carbocycles. The molecule has 1 aromatic rings. The molecule has 0 bridgehead atoms. The highest BCUT2D eigenvalue weighted by Crippen LogP contribution is 2.28. The lowest BCUT2D eigenvalue weighted by molar-refractivity contribution is -0.384. The zero-order valence-corrected chi connectivity index (χ0v) is 11.9. The summed E-state index contributed by atoms with van der Waals surface area (Å²) in [5.41, 5.74) is -0.514. The number of nitrogens with one attached hydrogen (secondary N) is 1. The Kier molecular flexibility index (Phi) is 4.90. The van der Waals surface area contributed by atoms with Gasteiger partial charge in [-0.25, -0.2) is 0 Å². The van der Waals surface area contributed by atoms with Crippen LogP contribution in [-0.2, 0) is 9.53 Å². The Morgan fingerprint density at radius 1 is 1.40 bits per heavy atom. The molecule has 1 rings (SSSR count). The number of benzene rings is 1. The van der Waals surface area contributed by atoms with E-state index in [1.165, 1.54) is 19.2 Å². The number of carbonyl (C=O) groups excluding carboxylic acids is 1. The van der Waals surface area contributed by atoms with Gasteiger partial charge in [-0.05, 0) is 32.9 Å². The number of carbonyl (C=O) groups is 1. The first-order valence-electron chi connectivity index (χ1n) is 6.01. The van der Waals surface area contributed by atoms with Gasteiger partial charge in [-0.15, -0.1) is 0 Å². The molecule has 1 aromatic carbocycles. The van der Waals surface area contributed by atoms with E-state index >= 15 is 0 Å². The van der Waals surface area contributed by atoms with E-state index in [-0.39, 0.29) is 17.9 Å². The number of nitro benzene ring substituents is 1. The molecule has 0 spiro atoms. The number of hydrogen-bond donors (Lipinski definition) is 1. The van der Waals surface area contributed by atoms with Gasteiger partial charge in [-0.1, -0.05) is 0 Å². The SMILES string of the molecule is COc1ccc(NCC(=O)OC(C)(C)C)c([N+](=O)[O-])c1. The zero-order chi connectivity index (χ0) is 15.3. The third-order valence-corrected chi connectivity index (χ3v) is 2.24. The van der Waals surface area contributed by atoms with Gasteiger partial charge in [-0.2, -0.15) is 0 Å². The highest BCUT2D eigenvalue weighted by molar-refractivity contribution is 5.77. The maximum absolute atomic E-state index is 11.6. The molecule has 0 saturated heterocycles. The smallest absolute Gasteiger partial charge is 0.325 e. The fourth-order valence-corrected chi connectivity index (χ4v) is 1.48. The van der Waals surface area contributed by atoms with Crippen molar-refractivity contribution >= 4 is 17.3 Å². The number of anilines is 1. The number of methoxy groups -OCH3 is 1. The number of ether oxygens (including phenoxy) is 2. The topological polar surface area (TPSA) is 90.7 Å². The molecule has 0 fully saturated rings. The molecule has 0 unspecified atom stereocenters. The van der Waals surface area contributed by atoms with Crippen molar-refractivity contribution in [1.82, 2.24) is 0 Å². The molecule has 0 amide bonds. The van der Waals surface area contributed by atoms with Crippen molar-refractivity contribution in [3.05, 3.63) is 28.3 Å². The Morgan fingerprint density at radius 2 is 2.05 bits per heavy atom. The minimum atomic E-state index is -0.593. The Bertz CT molecular complexity index is 508. The lowest BCUT2D eigenvalue weighted by Gasteiger charge is -2.19. The minimum absolute atomic E-state index is 0.148. The summed E-state index contributed by atoms with van der Waals surface area (Å²) in [5.74, 6) is -0.109. The van der Waals surface area contributed by atoms with Crippen LogP contribution < -0.4 is 10.1 Å². The zero-order valence-electron chi connectivity index (χ0n) is 11.9. The van der Waals surface area contributed by atoms with Crippen LogP contribution in [0.1, 0.15) is 20.8 Å². The first-order valence-corrected chi connectivity index (χ1v) is 6.01. The normalized spacial score (nSPS) is 10.8. The Labute approximate surface area is 117 Å². The second-order valence-electron chi connectivity index (χ2n) is 5.08. The van der Waals surface area contributed by atoms with E-state index in [1.807, 2.05) is 0 Å². The third kappa shape index (κ3) is 4.75. The highest BCUT2D eigenvalue weighted by atomic mass is 16.6. The van der Waals surface area contributed by atoms with E-state index in [9.17, 15) is 14.9 Å². The largest absolute Gasteiger partial charge is 0.496 e. The number of rotatable bonds is 5. The molecule has 20 heavy (non-hydrogen) atoms. The molecule has 0 saturated carbocycles. The van der Waals surface area contributed by atoms with E-state index in [0.29, 0.717) is 5.75 Å². The summed E-state index contributed by atoms with van der Waals surface area (Å²) < 4.78 is 10.0. The molecule has 0 aliphatic heterocycles. The van der Waals surface area contributed by atoms with Crippen molar-refractivity contribution in [2.24, 2.45) is 0 Å². The van der Waals surface area contributed by atoms with Gasteiger partial charge in [0.25, 0.3) is 5.69 Å². The Morgan fingerprint density at radius 3 is 2.55 bits per heavy atom. The molecule has 7 nitrogen and oxygen atoms in total. The quantitative estimate of drug-likeness (QED) is 0.506. The lowest BCUT2D eigenvalue weighted by atomic mass is 10.2. The number of nitrogens with zero attached hydrogens (tertiary/aromatic N) is 1. The predicted molar refractivity (Wildman–Crippen MR) is 74.0 cm³/mol. The molecule has 0 aliphatic rings. The molecule has 7 heteroatoms.